The van der Waals surface area contributed by atoms with E-state index in [0.29, 0.717) is 6.54 Å². The van der Waals surface area contributed by atoms with Gasteiger partial charge < -0.3 is 15.0 Å². The number of likely N-dealkylation sites (N-methyl/N-ethyl adjacent to an activating group) is 2. The van der Waals surface area contributed by atoms with Crippen LogP contribution in [0.15, 0.2) is 18.2 Å². The lowest BCUT2D eigenvalue weighted by molar-refractivity contribution is -0.926. The van der Waals surface area contributed by atoms with Crippen molar-refractivity contribution in [2.45, 2.75) is 26.4 Å². The number of nitrogens with one attached hydrogen (secondary N) is 2. The molecular formula is C14H22FN2O2+. The third kappa shape index (κ3) is 3.92. The number of carbonyl (C=O) groups excluding carboxylic acids is 1. The van der Waals surface area contributed by atoms with Crippen molar-refractivity contribution < 1.29 is 18.8 Å². The molecule has 19 heavy (non-hydrogen) atoms. The van der Waals surface area contributed by atoms with Gasteiger partial charge in [-0.1, -0.05) is 0 Å². The van der Waals surface area contributed by atoms with Gasteiger partial charge in [0, 0.05) is 12.6 Å². The first-order valence-corrected chi connectivity index (χ1v) is 6.42. The van der Waals surface area contributed by atoms with E-state index < -0.39 is 0 Å². The van der Waals surface area contributed by atoms with E-state index in [1.165, 1.54) is 13.2 Å². The fourth-order valence-corrected chi connectivity index (χ4v) is 2.07. The first-order chi connectivity index (χ1) is 9.03. The number of benzene rings is 1. The fraction of sp³-hybridized carbons (Fsp3) is 0.500. The molecule has 0 aliphatic heterocycles. The second-order valence-electron chi connectivity index (χ2n) is 4.49. The number of hydrogen-bond donors (Lipinski definition) is 2. The minimum absolute atomic E-state index is 0.00849. The molecule has 4 nitrogen and oxygen atoms in total. The van der Waals surface area contributed by atoms with Crippen LogP contribution in [0.4, 0.5) is 4.39 Å². The van der Waals surface area contributed by atoms with Gasteiger partial charge in [0.15, 0.2) is 17.6 Å². The molecule has 2 atom stereocenters. The number of quaternary nitrogens is 1. The average molecular weight is 269 g/mol. The molecule has 1 aromatic carbocycles. The van der Waals surface area contributed by atoms with Crippen molar-refractivity contribution in [3.05, 3.63) is 29.6 Å². The predicted octanol–water partition coefficient (Wildman–Crippen LogP) is 0.374. The van der Waals surface area contributed by atoms with Gasteiger partial charge in [-0.2, -0.15) is 0 Å². The molecular weight excluding hydrogens is 247 g/mol. The first kappa shape index (κ1) is 15.4. The fourth-order valence-electron chi connectivity index (χ4n) is 2.07. The van der Waals surface area contributed by atoms with Crippen LogP contribution in [-0.4, -0.2) is 32.7 Å². The highest BCUT2D eigenvalue weighted by Crippen LogP contribution is 2.17. The molecule has 0 bridgehead atoms. The van der Waals surface area contributed by atoms with E-state index >= 15 is 0 Å². The monoisotopic (exact) mass is 269 g/mol. The number of amides is 1. The van der Waals surface area contributed by atoms with Crippen LogP contribution in [-0.2, 0) is 11.3 Å². The Hall–Kier alpha value is -1.62. The second-order valence-corrected chi connectivity index (χ2v) is 4.49. The van der Waals surface area contributed by atoms with Crippen LogP contribution in [0.1, 0.15) is 19.4 Å². The number of hydrogen-bond acceptors (Lipinski definition) is 2. The zero-order valence-corrected chi connectivity index (χ0v) is 11.9. The highest BCUT2D eigenvalue weighted by atomic mass is 19.1. The number of ether oxygens (including phenoxy) is 1. The molecule has 106 valence electrons. The van der Waals surface area contributed by atoms with Crippen LogP contribution >= 0.6 is 0 Å². The van der Waals surface area contributed by atoms with Gasteiger partial charge in [0.05, 0.1) is 13.7 Å². The summed E-state index contributed by atoms with van der Waals surface area (Å²) in [5.74, 6) is -0.143. The minimum Gasteiger partial charge on any atom is -0.494 e. The van der Waals surface area contributed by atoms with Crippen molar-refractivity contribution in [1.82, 2.24) is 5.32 Å². The highest BCUT2D eigenvalue weighted by Gasteiger charge is 2.23. The van der Waals surface area contributed by atoms with Gasteiger partial charge in [-0.05, 0) is 32.0 Å². The van der Waals surface area contributed by atoms with Crippen molar-refractivity contribution in [2.75, 3.05) is 20.7 Å². The minimum atomic E-state index is -0.372. The van der Waals surface area contributed by atoms with Crippen LogP contribution in [0.25, 0.3) is 0 Å². The van der Waals surface area contributed by atoms with E-state index in [2.05, 4.69) is 5.32 Å². The van der Waals surface area contributed by atoms with E-state index in [0.717, 1.165) is 17.0 Å². The largest absolute Gasteiger partial charge is 0.494 e. The molecule has 0 radical (unpaired) electrons. The molecule has 0 spiro atoms. The molecule has 1 unspecified atom stereocenters. The predicted molar refractivity (Wildman–Crippen MR) is 71.7 cm³/mol. The molecule has 1 rings (SSSR count). The van der Waals surface area contributed by atoms with Gasteiger partial charge in [-0.25, -0.2) is 4.39 Å². The lowest BCUT2D eigenvalue weighted by Gasteiger charge is -2.23. The van der Waals surface area contributed by atoms with E-state index in [-0.39, 0.29) is 23.5 Å². The summed E-state index contributed by atoms with van der Waals surface area (Å²) in [6.07, 6.45) is 0. The summed E-state index contributed by atoms with van der Waals surface area (Å²) in [7, 11) is 3.06. The van der Waals surface area contributed by atoms with Gasteiger partial charge in [-0.15, -0.1) is 0 Å². The molecule has 1 amide bonds. The summed E-state index contributed by atoms with van der Waals surface area (Å²) >= 11 is 0. The summed E-state index contributed by atoms with van der Waals surface area (Å²) in [4.78, 5) is 12.7. The molecule has 0 aliphatic rings. The third-order valence-corrected chi connectivity index (χ3v) is 3.35. The van der Waals surface area contributed by atoms with Gasteiger partial charge >= 0.3 is 0 Å². The Morgan fingerprint density at radius 3 is 2.68 bits per heavy atom. The highest BCUT2D eigenvalue weighted by molar-refractivity contribution is 5.79. The summed E-state index contributed by atoms with van der Waals surface area (Å²) in [6.45, 7) is 5.28. The smallest absolute Gasteiger partial charge is 0.277 e. The summed E-state index contributed by atoms with van der Waals surface area (Å²) in [6, 6.07) is 4.74. The van der Waals surface area contributed by atoms with Crippen LogP contribution in [0, 0.1) is 5.82 Å². The Morgan fingerprint density at radius 2 is 2.21 bits per heavy atom. The molecule has 0 saturated carbocycles. The zero-order chi connectivity index (χ0) is 14.4. The lowest BCUT2D eigenvalue weighted by atomic mass is 10.1. The summed E-state index contributed by atoms with van der Waals surface area (Å²) in [5, 5.41) is 2.64. The second kappa shape index (κ2) is 7.09. The van der Waals surface area contributed by atoms with Gasteiger partial charge in [0.1, 0.15) is 6.54 Å². The molecule has 0 aromatic heterocycles. The topological polar surface area (TPSA) is 42.8 Å². The van der Waals surface area contributed by atoms with Crippen molar-refractivity contribution in [3.8, 4) is 5.75 Å². The lowest BCUT2D eigenvalue weighted by Crippen LogP contribution is -3.15. The zero-order valence-electron chi connectivity index (χ0n) is 11.9. The van der Waals surface area contributed by atoms with Gasteiger partial charge in [-0.3, -0.25) is 4.79 Å². The number of halogens is 1. The average Bonchev–Trinajstić information content (AvgIpc) is 2.43. The van der Waals surface area contributed by atoms with E-state index in [9.17, 15) is 9.18 Å². The maximum atomic E-state index is 13.6. The molecule has 5 heteroatoms. The van der Waals surface area contributed by atoms with Crippen molar-refractivity contribution >= 4 is 5.91 Å². The maximum absolute atomic E-state index is 13.6. The quantitative estimate of drug-likeness (QED) is 0.784. The number of methoxy groups -OCH3 is 1. The molecule has 0 saturated heterocycles. The van der Waals surface area contributed by atoms with E-state index in [4.69, 9.17) is 4.74 Å². The van der Waals surface area contributed by atoms with Gasteiger partial charge in [0.25, 0.3) is 5.91 Å². The molecule has 0 aliphatic carbocycles. The molecule has 2 N–H and O–H groups in total. The Balaban J connectivity index is 2.81. The van der Waals surface area contributed by atoms with Crippen molar-refractivity contribution in [2.24, 2.45) is 0 Å². The number of rotatable bonds is 6. The maximum Gasteiger partial charge on any atom is 0.277 e. The van der Waals surface area contributed by atoms with Gasteiger partial charge in [0.2, 0.25) is 0 Å². The molecule has 0 fully saturated rings. The van der Waals surface area contributed by atoms with E-state index in [1.54, 1.807) is 13.1 Å². The Labute approximate surface area is 113 Å². The van der Waals surface area contributed by atoms with Crippen LogP contribution in [0.2, 0.25) is 0 Å². The SMILES string of the molecule is CC[NH+](Cc1ccc(OC)c(F)c1)[C@H](C)C(=O)NC. The summed E-state index contributed by atoms with van der Waals surface area (Å²) in [5.41, 5.74) is 0.853. The first-order valence-electron chi connectivity index (χ1n) is 6.42. The Bertz CT molecular complexity index is 437. The third-order valence-electron chi connectivity index (χ3n) is 3.35. The van der Waals surface area contributed by atoms with E-state index in [1.807, 2.05) is 19.9 Å². The van der Waals surface area contributed by atoms with Crippen LogP contribution < -0.4 is 15.0 Å². The molecule has 1 aromatic rings. The van der Waals surface area contributed by atoms with Crippen molar-refractivity contribution in [3.63, 3.8) is 0 Å². The Kier molecular flexibility index (Phi) is 5.76. The standard InChI is InChI=1S/C14H21FN2O2/c1-5-17(10(2)14(18)16-3)9-11-6-7-13(19-4)12(15)8-11/h6-8,10H,5,9H2,1-4H3,(H,16,18)/p+1/t10-/m1/s1. The molecule has 0 heterocycles. The van der Waals surface area contributed by atoms with Crippen LogP contribution in [0.5, 0.6) is 5.75 Å². The number of carbonyl (C=O) groups is 1. The summed E-state index contributed by atoms with van der Waals surface area (Å²) < 4.78 is 18.5. The Morgan fingerprint density at radius 1 is 1.53 bits per heavy atom. The van der Waals surface area contributed by atoms with Crippen molar-refractivity contribution in [1.29, 1.82) is 0 Å². The van der Waals surface area contributed by atoms with Crippen LogP contribution in [0.3, 0.4) is 0 Å². The normalized spacial score (nSPS) is 13.7.